The summed E-state index contributed by atoms with van der Waals surface area (Å²) in [4.78, 5) is 21.5. The van der Waals surface area contributed by atoms with E-state index < -0.39 is 18.0 Å². The Labute approximate surface area is 164 Å². The Bertz CT molecular complexity index is 372. The van der Waals surface area contributed by atoms with Crippen molar-refractivity contribution in [2.24, 2.45) is 5.92 Å². The molecule has 6 nitrogen and oxygen atoms in total. The van der Waals surface area contributed by atoms with Crippen LogP contribution in [0.5, 0.6) is 0 Å². The molecule has 0 aromatic carbocycles. The van der Waals surface area contributed by atoms with Gasteiger partial charge in [0.25, 0.3) is 0 Å². The van der Waals surface area contributed by atoms with Crippen molar-refractivity contribution in [3.05, 3.63) is 0 Å². The van der Waals surface area contributed by atoms with Gasteiger partial charge in [-0.05, 0) is 31.6 Å². The summed E-state index contributed by atoms with van der Waals surface area (Å²) in [6.45, 7) is 0.248. The fourth-order valence-electron chi connectivity index (χ4n) is 3.45. The van der Waals surface area contributed by atoms with Gasteiger partial charge in [-0.15, -0.1) is 0 Å². The van der Waals surface area contributed by atoms with Gasteiger partial charge in [-0.3, -0.25) is 9.59 Å². The van der Waals surface area contributed by atoms with E-state index in [0.717, 1.165) is 83.5 Å². The predicted octanol–water partition coefficient (Wildman–Crippen LogP) is 4.37. The molecule has 0 heterocycles. The fourth-order valence-corrected chi connectivity index (χ4v) is 3.45. The number of aliphatic hydroxyl groups excluding tert-OH is 2. The molecule has 0 amide bonds. The first-order valence-electron chi connectivity index (χ1n) is 10.7. The summed E-state index contributed by atoms with van der Waals surface area (Å²) >= 11 is 0. The van der Waals surface area contributed by atoms with Crippen molar-refractivity contribution in [1.82, 2.24) is 0 Å². The number of carboxylic acids is 2. The molecule has 0 rings (SSSR count). The summed E-state index contributed by atoms with van der Waals surface area (Å²) in [5.41, 5.74) is 0. The lowest BCUT2D eigenvalue weighted by atomic mass is 9.89. The summed E-state index contributed by atoms with van der Waals surface area (Å²) in [7, 11) is 0. The summed E-state index contributed by atoms with van der Waals surface area (Å²) in [6.07, 6.45) is 12.7. The minimum absolute atomic E-state index is 0.0241. The van der Waals surface area contributed by atoms with Crippen LogP contribution >= 0.6 is 0 Å². The Morgan fingerprint density at radius 2 is 1.11 bits per heavy atom. The third kappa shape index (κ3) is 18.0. The standard InChI is InChI=1S/C21H40O6/c22-16-12-8-4-3-6-10-14-19(23)18(17-21(26)27)13-9-5-1-2-7-11-15-20(24)25/h18-19,22-23H,1-17H2,(H,24,25)(H,26,27). The third-order valence-electron chi connectivity index (χ3n) is 5.10. The van der Waals surface area contributed by atoms with Crippen LogP contribution in [0.3, 0.4) is 0 Å². The van der Waals surface area contributed by atoms with Gasteiger partial charge >= 0.3 is 11.9 Å². The van der Waals surface area contributed by atoms with Crippen LogP contribution in [-0.2, 0) is 9.59 Å². The van der Waals surface area contributed by atoms with Crippen LogP contribution in [0.25, 0.3) is 0 Å². The van der Waals surface area contributed by atoms with Crippen LogP contribution in [0.4, 0.5) is 0 Å². The highest BCUT2D eigenvalue weighted by atomic mass is 16.4. The molecule has 160 valence electrons. The van der Waals surface area contributed by atoms with Crippen molar-refractivity contribution in [3.63, 3.8) is 0 Å². The van der Waals surface area contributed by atoms with Crippen molar-refractivity contribution in [3.8, 4) is 0 Å². The predicted molar refractivity (Wildman–Crippen MR) is 106 cm³/mol. The molecule has 6 heteroatoms. The van der Waals surface area contributed by atoms with Crippen LogP contribution < -0.4 is 0 Å². The van der Waals surface area contributed by atoms with E-state index in [4.69, 9.17) is 15.3 Å². The second kappa shape index (κ2) is 18.2. The maximum atomic E-state index is 11.1. The lowest BCUT2D eigenvalue weighted by Gasteiger charge is -2.21. The lowest BCUT2D eigenvalue weighted by molar-refractivity contribution is -0.139. The highest BCUT2D eigenvalue weighted by Gasteiger charge is 2.21. The maximum Gasteiger partial charge on any atom is 0.303 e. The zero-order valence-electron chi connectivity index (χ0n) is 16.8. The van der Waals surface area contributed by atoms with Crippen molar-refractivity contribution in [1.29, 1.82) is 0 Å². The van der Waals surface area contributed by atoms with Gasteiger partial charge in [-0.2, -0.15) is 0 Å². The minimum atomic E-state index is -0.850. The first-order chi connectivity index (χ1) is 13.0. The largest absolute Gasteiger partial charge is 0.481 e. The van der Waals surface area contributed by atoms with E-state index >= 15 is 0 Å². The number of unbranched alkanes of at least 4 members (excludes halogenated alkanes) is 10. The third-order valence-corrected chi connectivity index (χ3v) is 5.10. The molecule has 0 fully saturated rings. The molecule has 0 radical (unpaired) electrons. The van der Waals surface area contributed by atoms with Crippen molar-refractivity contribution >= 4 is 11.9 Å². The normalized spacial score (nSPS) is 13.4. The summed E-state index contributed by atoms with van der Waals surface area (Å²) in [5, 5.41) is 36.8. The number of aliphatic carboxylic acids is 2. The fraction of sp³-hybridized carbons (Fsp3) is 0.905. The Morgan fingerprint density at radius 1 is 0.630 bits per heavy atom. The molecule has 0 saturated heterocycles. The summed E-state index contributed by atoms with van der Waals surface area (Å²) in [5.74, 6) is -1.77. The SMILES string of the molecule is O=C(O)CCCCCCCCC(CC(=O)O)C(O)CCCCCCCCO. The van der Waals surface area contributed by atoms with Crippen LogP contribution in [0.15, 0.2) is 0 Å². The number of carbonyl (C=O) groups is 2. The van der Waals surface area contributed by atoms with Crippen LogP contribution in [0.1, 0.15) is 103 Å². The van der Waals surface area contributed by atoms with E-state index in [0.29, 0.717) is 6.42 Å². The highest BCUT2D eigenvalue weighted by Crippen LogP contribution is 2.23. The molecule has 0 spiro atoms. The van der Waals surface area contributed by atoms with E-state index in [9.17, 15) is 14.7 Å². The van der Waals surface area contributed by atoms with Crippen LogP contribution in [0.2, 0.25) is 0 Å². The van der Waals surface area contributed by atoms with Crippen molar-refractivity contribution in [2.45, 2.75) is 109 Å². The number of hydrogen-bond donors (Lipinski definition) is 4. The Balaban J connectivity index is 3.84. The van der Waals surface area contributed by atoms with Crippen LogP contribution in [0, 0.1) is 5.92 Å². The second-order valence-corrected chi connectivity index (χ2v) is 7.61. The average Bonchev–Trinajstić information content (AvgIpc) is 2.61. The molecule has 2 unspecified atom stereocenters. The van der Waals surface area contributed by atoms with Gasteiger partial charge in [0, 0.05) is 13.0 Å². The van der Waals surface area contributed by atoms with Gasteiger partial charge in [0.15, 0.2) is 0 Å². The molecule has 0 bridgehead atoms. The topological polar surface area (TPSA) is 115 Å². The molecule has 0 saturated carbocycles. The molecule has 27 heavy (non-hydrogen) atoms. The molecule has 2 atom stereocenters. The monoisotopic (exact) mass is 388 g/mol. The van der Waals surface area contributed by atoms with Gasteiger partial charge < -0.3 is 20.4 Å². The molecule has 0 aliphatic heterocycles. The molecule has 0 aliphatic carbocycles. The molecule has 0 aromatic rings. The second-order valence-electron chi connectivity index (χ2n) is 7.61. The Hall–Kier alpha value is -1.14. The molecular weight excluding hydrogens is 348 g/mol. The number of aliphatic hydroxyl groups is 2. The van der Waals surface area contributed by atoms with Gasteiger partial charge in [-0.1, -0.05) is 64.2 Å². The summed E-state index contributed by atoms with van der Waals surface area (Å²) < 4.78 is 0. The Morgan fingerprint density at radius 3 is 1.63 bits per heavy atom. The van der Waals surface area contributed by atoms with E-state index in [-0.39, 0.29) is 25.4 Å². The minimum Gasteiger partial charge on any atom is -0.481 e. The van der Waals surface area contributed by atoms with E-state index in [1.807, 2.05) is 0 Å². The van der Waals surface area contributed by atoms with Crippen molar-refractivity contribution in [2.75, 3.05) is 6.61 Å². The first-order valence-corrected chi connectivity index (χ1v) is 10.7. The van der Waals surface area contributed by atoms with Gasteiger partial charge in [0.05, 0.1) is 12.5 Å². The van der Waals surface area contributed by atoms with Crippen LogP contribution in [-0.4, -0.2) is 45.1 Å². The molecular formula is C21H40O6. The average molecular weight is 389 g/mol. The summed E-state index contributed by atoms with van der Waals surface area (Å²) in [6, 6.07) is 0. The van der Waals surface area contributed by atoms with Gasteiger partial charge in [0.2, 0.25) is 0 Å². The Kier molecular flexibility index (Phi) is 17.5. The number of hydrogen-bond acceptors (Lipinski definition) is 4. The molecule has 0 aliphatic rings. The zero-order valence-corrected chi connectivity index (χ0v) is 16.8. The quantitative estimate of drug-likeness (QED) is 0.230. The van der Waals surface area contributed by atoms with E-state index in [1.165, 1.54) is 0 Å². The van der Waals surface area contributed by atoms with Gasteiger partial charge in [0.1, 0.15) is 0 Å². The van der Waals surface area contributed by atoms with E-state index in [1.54, 1.807) is 0 Å². The number of rotatable bonds is 20. The maximum absolute atomic E-state index is 11.1. The van der Waals surface area contributed by atoms with E-state index in [2.05, 4.69) is 0 Å². The first kappa shape index (κ1) is 25.9. The highest BCUT2D eigenvalue weighted by molar-refractivity contribution is 5.67. The lowest BCUT2D eigenvalue weighted by Crippen LogP contribution is -2.23. The smallest absolute Gasteiger partial charge is 0.303 e. The van der Waals surface area contributed by atoms with Gasteiger partial charge in [-0.25, -0.2) is 0 Å². The number of carboxylic acid groups (broad SMARTS) is 2. The van der Waals surface area contributed by atoms with Crippen molar-refractivity contribution < 1.29 is 30.0 Å². The molecule has 0 aromatic heterocycles. The molecule has 4 N–H and O–H groups in total. The zero-order chi connectivity index (χ0) is 20.3.